The molecule has 0 radical (unpaired) electrons. The molecule has 3 unspecified atom stereocenters. The molecule has 0 aromatic heterocycles. The third-order valence-electron chi connectivity index (χ3n) is 5.15. The molecule has 2 aliphatic heterocycles. The average Bonchev–Trinajstić information content (AvgIpc) is 2.69. The van der Waals surface area contributed by atoms with Crippen molar-refractivity contribution in [3.63, 3.8) is 0 Å². The summed E-state index contributed by atoms with van der Waals surface area (Å²) >= 11 is 1.51. The van der Waals surface area contributed by atoms with Crippen LogP contribution in [-0.4, -0.2) is 72.0 Å². The molecule has 8 heteroatoms. The number of piperidine rings is 1. The number of nitrogens with zero attached hydrogens (tertiary/aromatic N) is 2. The molecule has 0 spiro atoms. The van der Waals surface area contributed by atoms with Gasteiger partial charge in [-0.25, -0.2) is 4.79 Å². The van der Waals surface area contributed by atoms with Gasteiger partial charge in [0.2, 0.25) is 11.8 Å². The Kier molecular flexibility index (Phi) is 6.38. The van der Waals surface area contributed by atoms with Crippen LogP contribution in [0.3, 0.4) is 0 Å². The van der Waals surface area contributed by atoms with Gasteiger partial charge in [0, 0.05) is 25.9 Å². The summed E-state index contributed by atoms with van der Waals surface area (Å²) in [6.07, 6.45) is 1.30. The number of fused-ring (bicyclic) bond motifs is 1. The minimum Gasteiger partial charge on any atom is -0.355 e. The topological polar surface area (TPSA) is 81.8 Å². The van der Waals surface area contributed by atoms with Crippen molar-refractivity contribution in [2.75, 3.05) is 32.9 Å². The zero-order valence-electron chi connectivity index (χ0n) is 15.7. The molecule has 2 fully saturated rings. The van der Waals surface area contributed by atoms with Crippen molar-refractivity contribution in [3.05, 3.63) is 35.9 Å². The third kappa shape index (κ3) is 4.44. The van der Waals surface area contributed by atoms with Gasteiger partial charge < -0.3 is 10.2 Å². The largest absolute Gasteiger partial charge is 0.355 e. The van der Waals surface area contributed by atoms with E-state index in [9.17, 15) is 14.4 Å². The van der Waals surface area contributed by atoms with Crippen LogP contribution < -0.4 is 10.6 Å². The molecule has 1 aromatic carbocycles. The zero-order valence-corrected chi connectivity index (χ0v) is 16.5. The Balaban J connectivity index is 1.50. The molecule has 27 heavy (non-hydrogen) atoms. The van der Waals surface area contributed by atoms with Crippen molar-refractivity contribution >= 4 is 29.6 Å². The third-order valence-corrected chi connectivity index (χ3v) is 6.54. The van der Waals surface area contributed by atoms with E-state index in [0.29, 0.717) is 12.3 Å². The van der Waals surface area contributed by atoms with Crippen LogP contribution >= 0.6 is 11.8 Å². The van der Waals surface area contributed by atoms with E-state index in [1.807, 2.05) is 30.3 Å². The molecule has 2 saturated heterocycles. The fraction of sp³-hybridized carbons (Fsp3) is 0.526. The second kappa shape index (κ2) is 8.75. The first-order valence-electron chi connectivity index (χ1n) is 9.19. The monoisotopic (exact) mass is 390 g/mol. The van der Waals surface area contributed by atoms with Gasteiger partial charge >= 0.3 is 6.03 Å². The Hall–Kier alpha value is -2.06. The van der Waals surface area contributed by atoms with Crippen LogP contribution in [0, 0.1) is 5.92 Å². The van der Waals surface area contributed by atoms with Gasteiger partial charge in [0.05, 0.1) is 17.8 Å². The van der Waals surface area contributed by atoms with Gasteiger partial charge in [0.1, 0.15) is 0 Å². The molecule has 0 aliphatic carbocycles. The van der Waals surface area contributed by atoms with Crippen molar-refractivity contribution in [3.8, 4) is 0 Å². The van der Waals surface area contributed by atoms with Crippen LogP contribution in [0.25, 0.3) is 0 Å². The predicted octanol–water partition coefficient (Wildman–Crippen LogP) is 0.907. The summed E-state index contributed by atoms with van der Waals surface area (Å²) in [5.41, 5.74) is 1.19. The first kappa shape index (κ1) is 19.7. The maximum atomic E-state index is 12.6. The number of urea groups is 1. The second-order valence-corrected chi connectivity index (χ2v) is 8.17. The molecule has 0 bridgehead atoms. The van der Waals surface area contributed by atoms with E-state index in [0.717, 1.165) is 19.4 Å². The van der Waals surface area contributed by atoms with Crippen molar-refractivity contribution in [2.24, 2.45) is 5.92 Å². The lowest BCUT2D eigenvalue weighted by molar-refractivity contribution is -0.138. The second-order valence-electron chi connectivity index (χ2n) is 6.94. The number of nitrogens with one attached hydrogen (secondary N) is 2. The molecule has 146 valence electrons. The highest BCUT2D eigenvalue weighted by Crippen LogP contribution is 2.33. The first-order valence-corrected chi connectivity index (χ1v) is 10.2. The quantitative estimate of drug-likeness (QED) is 0.755. The molecule has 4 amide bonds. The number of carbonyl (C=O) groups excluding carboxylic acids is 3. The number of rotatable bonds is 6. The molecule has 3 atom stereocenters. The van der Waals surface area contributed by atoms with Crippen LogP contribution in [-0.2, 0) is 16.0 Å². The Bertz CT molecular complexity index is 699. The number of amides is 4. The molecule has 2 aliphatic rings. The molecular weight excluding hydrogens is 364 g/mol. The van der Waals surface area contributed by atoms with Gasteiger partial charge in [-0.1, -0.05) is 30.3 Å². The number of thioether (sulfide) groups is 1. The van der Waals surface area contributed by atoms with Crippen LogP contribution in [0.1, 0.15) is 12.0 Å². The molecule has 7 nitrogen and oxygen atoms in total. The lowest BCUT2D eigenvalue weighted by Gasteiger charge is -2.47. The van der Waals surface area contributed by atoms with E-state index in [2.05, 4.69) is 10.6 Å². The van der Waals surface area contributed by atoms with Crippen molar-refractivity contribution in [1.82, 2.24) is 20.4 Å². The van der Waals surface area contributed by atoms with Gasteiger partial charge in [-0.05, 0) is 24.9 Å². The Morgan fingerprint density at radius 2 is 2.00 bits per heavy atom. The number of hydrogen-bond donors (Lipinski definition) is 2. The van der Waals surface area contributed by atoms with Crippen LogP contribution in [0.2, 0.25) is 0 Å². The summed E-state index contributed by atoms with van der Waals surface area (Å²) in [7, 11) is 3.23. The van der Waals surface area contributed by atoms with Gasteiger partial charge in [-0.3, -0.25) is 19.8 Å². The van der Waals surface area contributed by atoms with E-state index < -0.39 is 0 Å². The van der Waals surface area contributed by atoms with Crippen molar-refractivity contribution in [2.45, 2.75) is 24.3 Å². The standard InChI is InChI=1S/C19H26N4O3S/c1-22-17-16(18(25)23(2)19(22)26)14(9-11-21-17)27-12-15(24)20-10-8-13-6-4-3-5-7-13/h3-7,14,16-17,21H,8-12H2,1-2H3,(H,20,24). The summed E-state index contributed by atoms with van der Waals surface area (Å²) in [5, 5.41) is 6.22. The maximum Gasteiger partial charge on any atom is 0.327 e. The normalized spacial score (nSPS) is 25.3. The molecule has 3 rings (SSSR count). The summed E-state index contributed by atoms with van der Waals surface area (Å²) in [6, 6.07) is 9.73. The smallest absolute Gasteiger partial charge is 0.327 e. The Morgan fingerprint density at radius 1 is 1.26 bits per heavy atom. The highest BCUT2D eigenvalue weighted by Gasteiger charge is 2.48. The highest BCUT2D eigenvalue weighted by molar-refractivity contribution is 8.00. The molecule has 2 heterocycles. The predicted molar refractivity (Wildman–Crippen MR) is 105 cm³/mol. The lowest BCUT2D eigenvalue weighted by Crippen LogP contribution is -2.68. The number of benzene rings is 1. The zero-order chi connectivity index (χ0) is 19.4. The summed E-state index contributed by atoms with van der Waals surface area (Å²) in [6.45, 7) is 1.32. The van der Waals surface area contributed by atoms with Gasteiger partial charge in [-0.15, -0.1) is 11.8 Å². The fourth-order valence-corrected chi connectivity index (χ4v) is 4.86. The van der Waals surface area contributed by atoms with E-state index in [1.165, 1.54) is 29.3 Å². The molecule has 0 saturated carbocycles. The molecular formula is C19H26N4O3S. The van der Waals surface area contributed by atoms with E-state index in [-0.39, 0.29) is 35.2 Å². The van der Waals surface area contributed by atoms with Gasteiger partial charge in [0.15, 0.2) is 0 Å². The minimum absolute atomic E-state index is 0.0154. The van der Waals surface area contributed by atoms with E-state index in [1.54, 1.807) is 11.9 Å². The minimum atomic E-state index is -0.325. The molecule has 2 N–H and O–H groups in total. The summed E-state index contributed by atoms with van der Waals surface area (Å²) < 4.78 is 0. The Labute approximate surface area is 163 Å². The first-order chi connectivity index (χ1) is 13.0. The van der Waals surface area contributed by atoms with Crippen LogP contribution in [0.4, 0.5) is 4.79 Å². The fourth-order valence-electron chi connectivity index (χ4n) is 3.64. The maximum absolute atomic E-state index is 12.6. The average molecular weight is 391 g/mol. The number of imide groups is 1. The molecule has 1 aromatic rings. The van der Waals surface area contributed by atoms with Gasteiger partial charge in [-0.2, -0.15) is 0 Å². The summed E-state index contributed by atoms with van der Waals surface area (Å²) in [5.74, 6) is -0.199. The van der Waals surface area contributed by atoms with E-state index in [4.69, 9.17) is 0 Å². The SMILES string of the molecule is CN1C(=O)C2C(SCC(=O)NCCc3ccccc3)CCNC2N(C)C1=O. The lowest BCUT2D eigenvalue weighted by atomic mass is 9.91. The van der Waals surface area contributed by atoms with Crippen molar-refractivity contribution < 1.29 is 14.4 Å². The Morgan fingerprint density at radius 3 is 2.74 bits per heavy atom. The number of carbonyl (C=O) groups is 3. The number of hydrogen-bond acceptors (Lipinski definition) is 5. The van der Waals surface area contributed by atoms with Crippen LogP contribution in [0.5, 0.6) is 0 Å². The van der Waals surface area contributed by atoms with Gasteiger partial charge in [0.25, 0.3) is 0 Å². The highest BCUT2D eigenvalue weighted by atomic mass is 32.2. The van der Waals surface area contributed by atoms with Crippen molar-refractivity contribution in [1.29, 1.82) is 0 Å². The summed E-state index contributed by atoms with van der Waals surface area (Å²) in [4.78, 5) is 39.7. The van der Waals surface area contributed by atoms with Crippen LogP contribution in [0.15, 0.2) is 30.3 Å². The van der Waals surface area contributed by atoms with E-state index >= 15 is 0 Å².